The van der Waals surface area contributed by atoms with E-state index in [1.165, 1.54) is 0 Å². The first-order valence-corrected chi connectivity index (χ1v) is 6.64. The van der Waals surface area contributed by atoms with Crippen molar-refractivity contribution in [2.45, 2.75) is 12.3 Å². The number of hydrogen-bond acceptors (Lipinski definition) is 5. The van der Waals surface area contributed by atoms with Gasteiger partial charge in [-0.1, -0.05) is 5.16 Å². The van der Waals surface area contributed by atoms with Crippen LogP contribution in [0.15, 0.2) is 29.0 Å². The second-order valence-electron chi connectivity index (χ2n) is 5.08. The van der Waals surface area contributed by atoms with Gasteiger partial charge < -0.3 is 13.8 Å². The summed E-state index contributed by atoms with van der Waals surface area (Å²) in [6, 6.07) is 5.96. The third-order valence-corrected chi connectivity index (χ3v) is 3.71. The zero-order valence-electron chi connectivity index (χ0n) is 11.1. The lowest BCUT2D eigenvalue weighted by Crippen LogP contribution is -1.99. The zero-order valence-corrected chi connectivity index (χ0v) is 11.1. The van der Waals surface area contributed by atoms with Gasteiger partial charge in [0.1, 0.15) is 0 Å². The molecule has 0 aliphatic carbocycles. The topological polar surface area (TPSA) is 66.0 Å². The molecule has 1 aliphatic rings. The molecule has 6 heteroatoms. The number of imidazole rings is 1. The molecule has 0 radical (unpaired) electrons. The fourth-order valence-corrected chi connectivity index (χ4v) is 2.53. The molecule has 1 fully saturated rings. The first-order chi connectivity index (χ1) is 9.81. The summed E-state index contributed by atoms with van der Waals surface area (Å²) in [6.45, 7) is 1.45. The number of benzene rings is 1. The molecule has 6 nitrogen and oxygen atoms in total. The highest BCUT2D eigenvalue weighted by Crippen LogP contribution is 2.27. The van der Waals surface area contributed by atoms with E-state index in [9.17, 15) is 0 Å². The van der Waals surface area contributed by atoms with Gasteiger partial charge in [0.25, 0.3) is 5.89 Å². The van der Waals surface area contributed by atoms with Gasteiger partial charge in [-0.15, -0.1) is 0 Å². The van der Waals surface area contributed by atoms with Gasteiger partial charge in [0.15, 0.2) is 5.82 Å². The molecule has 0 spiro atoms. The minimum atomic E-state index is 0.256. The molecule has 0 amide bonds. The summed E-state index contributed by atoms with van der Waals surface area (Å²) in [6.07, 6.45) is 2.75. The molecule has 1 saturated heterocycles. The molecular weight excluding hydrogens is 256 g/mol. The van der Waals surface area contributed by atoms with E-state index in [2.05, 4.69) is 15.1 Å². The Hall–Kier alpha value is -2.21. The smallest absolute Gasteiger partial charge is 0.258 e. The quantitative estimate of drug-likeness (QED) is 0.713. The lowest BCUT2D eigenvalue weighted by molar-refractivity contribution is 0.192. The zero-order chi connectivity index (χ0) is 13.5. The lowest BCUT2D eigenvalue weighted by Gasteiger charge is -1.98. The number of aromatic nitrogens is 4. The first kappa shape index (κ1) is 11.6. The number of hydrogen-bond donors (Lipinski definition) is 0. The van der Waals surface area contributed by atoms with Crippen LogP contribution in [0.4, 0.5) is 0 Å². The van der Waals surface area contributed by atoms with Crippen LogP contribution in [-0.2, 0) is 11.8 Å². The van der Waals surface area contributed by atoms with Crippen molar-refractivity contribution in [2.24, 2.45) is 7.05 Å². The van der Waals surface area contributed by atoms with Gasteiger partial charge in [-0.25, -0.2) is 4.98 Å². The monoisotopic (exact) mass is 270 g/mol. The SMILES string of the molecule is Cn1cnc2cc(-c3nc(C4CCOC4)no3)ccc21. The van der Waals surface area contributed by atoms with Gasteiger partial charge in [-0.05, 0) is 24.6 Å². The third kappa shape index (κ3) is 1.80. The molecular formula is C14H14N4O2. The van der Waals surface area contributed by atoms with Crippen molar-refractivity contribution in [1.29, 1.82) is 0 Å². The van der Waals surface area contributed by atoms with Crippen LogP contribution >= 0.6 is 0 Å². The van der Waals surface area contributed by atoms with Crippen molar-refractivity contribution in [1.82, 2.24) is 19.7 Å². The number of fused-ring (bicyclic) bond motifs is 1. The normalized spacial score (nSPS) is 18.9. The summed E-state index contributed by atoms with van der Waals surface area (Å²) in [5.74, 6) is 1.53. The van der Waals surface area contributed by atoms with Crippen molar-refractivity contribution in [3.8, 4) is 11.5 Å². The molecule has 3 heterocycles. The van der Waals surface area contributed by atoms with Crippen LogP contribution in [-0.4, -0.2) is 32.9 Å². The van der Waals surface area contributed by atoms with Crippen LogP contribution in [0.5, 0.6) is 0 Å². The first-order valence-electron chi connectivity index (χ1n) is 6.64. The average Bonchev–Trinajstić information content (AvgIpc) is 3.18. The van der Waals surface area contributed by atoms with E-state index in [-0.39, 0.29) is 5.92 Å². The molecule has 1 aromatic carbocycles. The molecule has 1 aliphatic heterocycles. The number of aryl methyl sites for hydroxylation is 1. The van der Waals surface area contributed by atoms with E-state index in [4.69, 9.17) is 9.26 Å². The summed E-state index contributed by atoms with van der Waals surface area (Å²) in [4.78, 5) is 8.83. The van der Waals surface area contributed by atoms with E-state index in [1.807, 2.05) is 29.8 Å². The van der Waals surface area contributed by atoms with Crippen LogP contribution in [0.3, 0.4) is 0 Å². The fourth-order valence-electron chi connectivity index (χ4n) is 2.53. The Morgan fingerprint density at radius 3 is 3.15 bits per heavy atom. The Kier molecular flexibility index (Phi) is 2.56. The molecule has 0 N–H and O–H groups in total. The maximum atomic E-state index is 5.37. The summed E-state index contributed by atoms with van der Waals surface area (Å²) >= 11 is 0. The third-order valence-electron chi connectivity index (χ3n) is 3.71. The largest absolute Gasteiger partial charge is 0.381 e. The molecule has 4 rings (SSSR count). The highest BCUT2D eigenvalue weighted by molar-refractivity contribution is 5.80. The van der Waals surface area contributed by atoms with E-state index >= 15 is 0 Å². The molecule has 0 saturated carbocycles. The highest BCUT2D eigenvalue weighted by atomic mass is 16.5. The van der Waals surface area contributed by atoms with Crippen molar-refractivity contribution in [2.75, 3.05) is 13.2 Å². The van der Waals surface area contributed by atoms with Crippen molar-refractivity contribution in [3.05, 3.63) is 30.4 Å². The average molecular weight is 270 g/mol. The van der Waals surface area contributed by atoms with E-state index < -0.39 is 0 Å². The molecule has 20 heavy (non-hydrogen) atoms. The Labute approximate surface area is 115 Å². The van der Waals surface area contributed by atoms with Crippen LogP contribution in [0, 0.1) is 0 Å². The molecule has 102 valence electrons. The van der Waals surface area contributed by atoms with Gasteiger partial charge in [0.05, 0.1) is 24.0 Å². The van der Waals surface area contributed by atoms with Crippen molar-refractivity contribution < 1.29 is 9.26 Å². The summed E-state index contributed by atoms with van der Waals surface area (Å²) in [7, 11) is 1.97. The second kappa shape index (κ2) is 4.42. The fraction of sp³-hybridized carbons (Fsp3) is 0.357. The van der Waals surface area contributed by atoms with Gasteiger partial charge in [0.2, 0.25) is 0 Å². The lowest BCUT2D eigenvalue weighted by atomic mass is 10.1. The van der Waals surface area contributed by atoms with Gasteiger partial charge in [0, 0.05) is 25.1 Å². The predicted octanol–water partition coefficient (Wildman–Crippen LogP) is 2.13. The van der Waals surface area contributed by atoms with Gasteiger partial charge in [-0.2, -0.15) is 4.98 Å². The summed E-state index contributed by atoms with van der Waals surface area (Å²) in [5, 5.41) is 4.07. The Balaban J connectivity index is 1.71. The Bertz CT molecular complexity index is 755. The summed E-state index contributed by atoms with van der Waals surface area (Å²) < 4.78 is 12.7. The molecule has 1 atom stereocenters. The second-order valence-corrected chi connectivity index (χ2v) is 5.08. The van der Waals surface area contributed by atoms with Crippen LogP contribution in [0.25, 0.3) is 22.5 Å². The van der Waals surface area contributed by atoms with Crippen molar-refractivity contribution in [3.63, 3.8) is 0 Å². The molecule has 1 unspecified atom stereocenters. The van der Waals surface area contributed by atoms with Crippen LogP contribution < -0.4 is 0 Å². The molecule has 3 aromatic rings. The number of ether oxygens (including phenoxy) is 1. The maximum absolute atomic E-state index is 5.37. The summed E-state index contributed by atoms with van der Waals surface area (Å²) in [5.41, 5.74) is 2.90. The van der Waals surface area contributed by atoms with Gasteiger partial charge >= 0.3 is 0 Å². The van der Waals surface area contributed by atoms with Crippen LogP contribution in [0.2, 0.25) is 0 Å². The minimum absolute atomic E-state index is 0.256. The standard InChI is InChI=1S/C14H14N4O2/c1-18-8-15-11-6-9(2-3-12(11)18)14-16-13(17-20-14)10-4-5-19-7-10/h2-3,6,8,10H,4-5,7H2,1H3. The molecule has 0 bridgehead atoms. The minimum Gasteiger partial charge on any atom is -0.381 e. The van der Waals surface area contributed by atoms with Crippen molar-refractivity contribution >= 4 is 11.0 Å². The number of nitrogens with zero attached hydrogens (tertiary/aromatic N) is 4. The number of rotatable bonds is 2. The van der Waals surface area contributed by atoms with Gasteiger partial charge in [-0.3, -0.25) is 0 Å². The predicted molar refractivity (Wildman–Crippen MR) is 72.2 cm³/mol. The highest BCUT2D eigenvalue weighted by Gasteiger charge is 2.23. The van der Waals surface area contributed by atoms with E-state index in [0.29, 0.717) is 12.5 Å². The van der Waals surface area contributed by atoms with Crippen LogP contribution in [0.1, 0.15) is 18.2 Å². The maximum Gasteiger partial charge on any atom is 0.258 e. The Morgan fingerprint density at radius 2 is 2.30 bits per heavy atom. The van der Waals surface area contributed by atoms with E-state index in [1.54, 1.807) is 6.33 Å². The Morgan fingerprint density at radius 1 is 1.35 bits per heavy atom. The molecule has 2 aromatic heterocycles. The van der Waals surface area contributed by atoms with E-state index in [0.717, 1.165) is 35.4 Å².